The Morgan fingerprint density at radius 1 is 1.32 bits per heavy atom. The number of hydrogen-bond donors (Lipinski definition) is 1. The van der Waals surface area contributed by atoms with Crippen LogP contribution in [0.3, 0.4) is 0 Å². The van der Waals surface area contributed by atoms with Gasteiger partial charge in [-0.25, -0.2) is 0 Å². The maximum absolute atomic E-state index is 5.46. The third-order valence-electron chi connectivity index (χ3n) is 3.80. The molecule has 4 heteroatoms. The molecule has 2 rings (SSSR count). The van der Waals surface area contributed by atoms with Gasteiger partial charge in [0, 0.05) is 6.04 Å². The minimum Gasteiger partial charge on any atom is -0.493 e. The summed E-state index contributed by atoms with van der Waals surface area (Å²) in [6, 6.07) is 2.63. The van der Waals surface area contributed by atoms with Gasteiger partial charge in [-0.3, -0.25) is 0 Å². The summed E-state index contributed by atoms with van der Waals surface area (Å²) in [6.07, 6.45) is 4.90. The molecular formula is C15H22BrNO2. The fraction of sp³-hybridized carbons (Fsp3) is 0.600. The lowest BCUT2D eigenvalue weighted by Crippen LogP contribution is -2.35. The van der Waals surface area contributed by atoms with Crippen LogP contribution in [0.25, 0.3) is 0 Å². The van der Waals surface area contributed by atoms with E-state index in [0.717, 1.165) is 28.9 Å². The minimum atomic E-state index is 0.571. The molecule has 0 radical (unpaired) electrons. The van der Waals surface area contributed by atoms with Crippen molar-refractivity contribution in [2.75, 3.05) is 20.8 Å². The van der Waals surface area contributed by atoms with Gasteiger partial charge >= 0.3 is 0 Å². The molecule has 106 valence electrons. The second-order valence-corrected chi connectivity index (χ2v) is 5.87. The second kappa shape index (κ2) is 6.62. The maximum Gasteiger partial charge on any atom is 0.175 e. The number of aryl methyl sites for hydroxylation is 1. The van der Waals surface area contributed by atoms with Crippen molar-refractivity contribution in [3.63, 3.8) is 0 Å². The van der Waals surface area contributed by atoms with Crippen molar-refractivity contribution in [3.8, 4) is 11.5 Å². The van der Waals surface area contributed by atoms with Crippen LogP contribution in [0.5, 0.6) is 11.5 Å². The van der Waals surface area contributed by atoms with E-state index in [1.165, 1.54) is 30.4 Å². The largest absolute Gasteiger partial charge is 0.493 e. The zero-order chi connectivity index (χ0) is 13.8. The molecule has 1 atom stereocenters. The molecule has 1 aromatic carbocycles. The van der Waals surface area contributed by atoms with Crippen LogP contribution < -0.4 is 14.8 Å². The molecule has 0 spiro atoms. The molecule has 1 aromatic rings. The Balaban J connectivity index is 2.28. The number of piperidine rings is 1. The molecule has 1 aliphatic rings. The lowest BCUT2D eigenvalue weighted by Gasteiger charge is -2.25. The standard InChI is InChI=1S/C15H22BrNO2/c1-10-8-13(18-2)15(19-3)14(16)12(10)9-11-6-4-5-7-17-11/h8,11,17H,4-7,9H2,1-3H3. The van der Waals surface area contributed by atoms with E-state index in [0.29, 0.717) is 6.04 Å². The van der Waals surface area contributed by atoms with Gasteiger partial charge < -0.3 is 14.8 Å². The number of benzene rings is 1. The van der Waals surface area contributed by atoms with Crippen molar-refractivity contribution < 1.29 is 9.47 Å². The fourth-order valence-corrected chi connectivity index (χ4v) is 3.54. The quantitative estimate of drug-likeness (QED) is 0.918. The van der Waals surface area contributed by atoms with E-state index in [-0.39, 0.29) is 0 Å². The Hall–Kier alpha value is -0.740. The monoisotopic (exact) mass is 327 g/mol. The lowest BCUT2D eigenvalue weighted by atomic mass is 9.95. The number of hydrogen-bond acceptors (Lipinski definition) is 3. The predicted octanol–water partition coefficient (Wildman–Crippen LogP) is 3.46. The van der Waals surface area contributed by atoms with E-state index >= 15 is 0 Å². The Labute approximate surface area is 123 Å². The average Bonchev–Trinajstić information content (AvgIpc) is 2.44. The normalized spacial score (nSPS) is 19.3. The highest BCUT2D eigenvalue weighted by molar-refractivity contribution is 9.10. The van der Waals surface area contributed by atoms with Gasteiger partial charge in [0.05, 0.1) is 18.7 Å². The SMILES string of the molecule is COc1cc(C)c(CC2CCCCN2)c(Br)c1OC. The summed E-state index contributed by atoms with van der Waals surface area (Å²) in [7, 11) is 3.35. The van der Waals surface area contributed by atoms with Crippen LogP contribution in [0, 0.1) is 6.92 Å². The van der Waals surface area contributed by atoms with Crippen LogP contribution in [0.1, 0.15) is 30.4 Å². The molecular weight excluding hydrogens is 306 g/mol. The molecule has 1 saturated heterocycles. The highest BCUT2D eigenvalue weighted by Gasteiger charge is 2.20. The van der Waals surface area contributed by atoms with Crippen molar-refractivity contribution in [3.05, 3.63) is 21.7 Å². The summed E-state index contributed by atoms with van der Waals surface area (Å²) < 4.78 is 11.9. The molecule has 3 nitrogen and oxygen atoms in total. The van der Waals surface area contributed by atoms with E-state index in [1.807, 2.05) is 0 Å². The average molecular weight is 328 g/mol. The van der Waals surface area contributed by atoms with Crippen LogP contribution in [-0.4, -0.2) is 26.8 Å². The molecule has 1 aliphatic heterocycles. The van der Waals surface area contributed by atoms with Gasteiger partial charge in [0.25, 0.3) is 0 Å². The van der Waals surface area contributed by atoms with E-state index in [2.05, 4.69) is 34.2 Å². The van der Waals surface area contributed by atoms with E-state index < -0.39 is 0 Å². The molecule has 19 heavy (non-hydrogen) atoms. The Bertz CT molecular complexity index is 442. The number of nitrogens with one attached hydrogen (secondary N) is 1. The van der Waals surface area contributed by atoms with E-state index in [1.54, 1.807) is 14.2 Å². The first kappa shape index (κ1) is 14.7. The number of halogens is 1. The van der Waals surface area contributed by atoms with Gasteiger partial charge in [0.1, 0.15) is 0 Å². The van der Waals surface area contributed by atoms with Crippen molar-refractivity contribution in [2.45, 2.75) is 38.6 Å². The smallest absolute Gasteiger partial charge is 0.175 e. The van der Waals surface area contributed by atoms with Gasteiger partial charge in [0.15, 0.2) is 11.5 Å². The highest BCUT2D eigenvalue weighted by Crippen LogP contribution is 2.40. The molecule has 0 amide bonds. The molecule has 0 bridgehead atoms. The predicted molar refractivity (Wildman–Crippen MR) is 81.3 cm³/mol. The molecule has 0 saturated carbocycles. The second-order valence-electron chi connectivity index (χ2n) is 5.07. The summed E-state index contributed by atoms with van der Waals surface area (Å²) in [5.41, 5.74) is 2.56. The number of ether oxygens (including phenoxy) is 2. The molecule has 1 unspecified atom stereocenters. The number of rotatable bonds is 4. The first-order valence-electron chi connectivity index (χ1n) is 6.80. The zero-order valence-corrected chi connectivity index (χ0v) is 13.5. The van der Waals surface area contributed by atoms with Gasteiger partial charge in [-0.05, 0) is 65.9 Å². The highest BCUT2D eigenvalue weighted by atomic mass is 79.9. The summed E-state index contributed by atoms with van der Waals surface area (Å²) in [5, 5.41) is 3.60. The van der Waals surface area contributed by atoms with Crippen LogP contribution >= 0.6 is 15.9 Å². The van der Waals surface area contributed by atoms with E-state index in [4.69, 9.17) is 9.47 Å². The molecule has 0 aromatic heterocycles. The van der Waals surface area contributed by atoms with Crippen molar-refractivity contribution >= 4 is 15.9 Å². The van der Waals surface area contributed by atoms with Crippen molar-refractivity contribution in [1.29, 1.82) is 0 Å². The van der Waals surface area contributed by atoms with E-state index in [9.17, 15) is 0 Å². The lowest BCUT2D eigenvalue weighted by molar-refractivity contribution is 0.351. The van der Waals surface area contributed by atoms with Crippen LogP contribution in [-0.2, 0) is 6.42 Å². The number of methoxy groups -OCH3 is 2. The minimum absolute atomic E-state index is 0.571. The van der Waals surface area contributed by atoms with Crippen LogP contribution in [0.4, 0.5) is 0 Å². The van der Waals surface area contributed by atoms with Gasteiger partial charge in [0.2, 0.25) is 0 Å². The third-order valence-corrected chi connectivity index (χ3v) is 4.64. The van der Waals surface area contributed by atoms with Crippen molar-refractivity contribution in [1.82, 2.24) is 5.32 Å². The first-order valence-corrected chi connectivity index (χ1v) is 7.60. The van der Waals surface area contributed by atoms with Gasteiger partial charge in [-0.1, -0.05) is 6.42 Å². The molecule has 1 fully saturated rings. The first-order chi connectivity index (χ1) is 9.17. The summed E-state index contributed by atoms with van der Waals surface area (Å²) >= 11 is 3.68. The van der Waals surface area contributed by atoms with Crippen LogP contribution in [0.2, 0.25) is 0 Å². The Morgan fingerprint density at radius 2 is 2.11 bits per heavy atom. The third kappa shape index (κ3) is 3.23. The molecule has 1 heterocycles. The van der Waals surface area contributed by atoms with Crippen molar-refractivity contribution in [2.24, 2.45) is 0 Å². The summed E-state index contributed by atoms with van der Waals surface area (Å²) in [5.74, 6) is 1.58. The molecule has 1 N–H and O–H groups in total. The van der Waals surface area contributed by atoms with Gasteiger partial charge in [-0.2, -0.15) is 0 Å². The Morgan fingerprint density at radius 3 is 2.68 bits per heavy atom. The Kier molecular flexibility index (Phi) is 5.11. The fourth-order valence-electron chi connectivity index (χ4n) is 2.70. The zero-order valence-electron chi connectivity index (χ0n) is 11.9. The summed E-state index contributed by atoms with van der Waals surface area (Å²) in [4.78, 5) is 0. The topological polar surface area (TPSA) is 30.5 Å². The summed E-state index contributed by atoms with van der Waals surface area (Å²) in [6.45, 7) is 3.26. The maximum atomic E-state index is 5.46. The molecule has 0 aliphatic carbocycles. The van der Waals surface area contributed by atoms with Crippen LogP contribution in [0.15, 0.2) is 10.5 Å². The van der Waals surface area contributed by atoms with Gasteiger partial charge in [-0.15, -0.1) is 0 Å².